The molecule has 0 spiro atoms. The van der Waals surface area contributed by atoms with Crippen molar-refractivity contribution in [3.05, 3.63) is 11.8 Å². The van der Waals surface area contributed by atoms with Crippen molar-refractivity contribution in [1.82, 2.24) is 9.97 Å². The average molecular weight is 276 g/mol. The van der Waals surface area contributed by atoms with E-state index in [4.69, 9.17) is 10.5 Å². The fraction of sp³-hybridized carbons (Fsp3) is 0.636. The Morgan fingerprint density at radius 3 is 2.84 bits per heavy atom. The molecule has 1 fully saturated rings. The van der Waals surface area contributed by atoms with Crippen molar-refractivity contribution in [1.29, 1.82) is 0 Å². The number of ether oxygens (including phenoxy) is 1. The van der Waals surface area contributed by atoms with Gasteiger partial charge in [-0.1, -0.05) is 0 Å². The molecule has 0 aromatic carbocycles. The summed E-state index contributed by atoms with van der Waals surface area (Å²) in [6.07, 6.45) is -2.71. The lowest BCUT2D eigenvalue weighted by atomic mass is 10.1. The summed E-state index contributed by atoms with van der Waals surface area (Å²) in [6.45, 7) is 1.99. The number of anilines is 2. The summed E-state index contributed by atoms with van der Waals surface area (Å²) in [6, 6.07) is 0.863. The molecular formula is C11H15F3N4O. The average Bonchev–Trinajstić information content (AvgIpc) is 2.80. The Morgan fingerprint density at radius 2 is 2.21 bits per heavy atom. The molecule has 1 unspecified atom stereocenters. The number of nitrogen functional groups attached to an aromatic ring is 1. The number of halogens is 3. The van der Waals surface area contributed by atoms with E-state index in [2.05, 4.69) is 15.3 Å². The highest BCUT2D eigenvalue weighted by Crippen LogP contribution is 2.29. The lowest BCUT2D eigenvalue weighted by Crippen LogP contribution is -2.14. The zero-order valence-electron chi connectivity index (χ0n) is 10.2. The van der Waals surface area contributed by atoms with Crippen LogP contribution in [0.1, 0.15) is 18.5 Å². The molecular weight excluding hydrogens is 261 g/mol. The fourth-order valence-electron chi connectivity index (χ4n) is 1.92. The van der Waals surface area contributed by atoms with Crippen LogP contribution < -0.4 is 11.1 Å². The molecule has 2 heterocycles. The highest BCUT2D eigenvalue weighted by molar-refractivity contribution is 5.41. The molecule has 0 bridgehead atoms. The number of nitrogens with one attached hydrogen (secondary N) is 1. The van der Waals surface area contributed by atoms with Gasteiger partial charge in [-0.05, 0) is 18.8 Å². The molecule has 2 rings (SSSR count). The van der Waals surface area contributed by atoms with Crippen LogP contribution in [0.3, 0.4) is 0 Å². The zero-order valence-corrected chi connectivity index (χ0v) is 10.2. The van der Waals surface area contributed by atoms with Crippen molar-refractivity contribution in [2.24, 2.45) is 5.92 Å². The first-order valence-electron chi connectivity index (χ1n) is 5.98. The maximum Gasteiger partial charge on any atom is 0.433 e. The molecule has 1 aliphatic heterocycles. The molecule has 1 atom stereocenters. The van der Waals surface area contributed by atoms with Crippen LogP contribution in [0, 0.1) is 5.92 Å². The number of rotatable bonds is 4. The van der Waals surface area contributed by atoms with Crippen LogP contribution in [0.25, 0.3) is 0 Å². The molecule has 106 valence electrons. The van der Waals surface area contributed by atoms with Crippen molar-refractivity contribution < 1.29 is 17.9 Å². The van der Waals surface area contributed by atoms with Crippen LogP contribution in [-0.2, 0) is 10.9 Å². The largest absolute Gasteiger partial charge is 0.433 e. The maximum absolute atomic E-state index is 12.5. The molecule has 0 saturated carbocycles. The van der Waals surface area contributed by atoms with Gasteiger partial charge >= 0.3 is 6.18 Å². The van der Waals surface area contributed by atoms with Gasteiger partial charge in [0.05, 0.1) is 0 Å². The standard InChI is InChI=1S/C11H15F3N4O/c12-11(13,14)8-5-9(18-10(15)17-8)16-3-1-7-2-4-19-6-7/h5,7H,1-4,6H2,(H3,15,16,17,18). The number of hydrogen-bond donors (Lipinski definition) is 2. The van der Waals surface area contributed by atoms with E-state index < -0.39 is 11.9 Å². The molecule has 19 heavy (non-hydrogen) atoms. The normalized spacial score (nSPS) is 19.6. The minimum Gasteiger partial charge on any atom is -0.381 e. The first-order valence-corrected chi connectivity index (χ1v) is 5.98. The zero-order chi connectivity index (χ0) is 13.9. The molecule has 1 aromatic heterocycles. The van der Waals surface area contributed by atoms with Gasteiger partial charge in [-0.3, -0.25) is 0 Å². The fourth-order valence-corrected chi connectivity index (χ4v) is 1.92. The Morgan fingerprint density at radius 1 is 1.42 bits per heavy atom. The van der Waals surface area contributed by atoms with Gasteiger partial charge in [0.2, 0.25) is 5.95 Å². The van der Waals surface area contributed by atoms with Crippen molar-refractivity contribution in [2.75, 3.05) is 30.8 Å². The molecule has 3 N–H and O–H groups in total. The van der Waals surface area contributed by atoms with Gasteiger partial charge in [-0.15, -0.1) is 0 Å². The monoisotopic (exact) mass is 276 g/mol. The molecule has 1 aromatic rings. The van der Waals surface area contributed by atoms with Crippen molar-refractivity contribution >= 4 is 11.8 Å². The van der Waals surface area contributed by atoms with E-state index in [-0.39, 0.29) is 11.8 Å². The van der Waals surface area contributed by atoms with E-state index in [0.717, 1.165) is 25.5 Å². The molecule has 1 saturated heterocycles. The smallest absolute Gasteiger partial charge is 0.381 e. The van der Waals surface area contributed by atoms with Crippen molar-refractivity contribution in [3.63, 3.8) is 0 Å². The summed E-state index contributed by atoms with van der Waals surface area (Å²) in [5.41, 5.74) is 4.23. The van der Waals surface area contributed by atoms with E-state index in [1.807, 2.05) is 0 Å². The Hall–Kier alpha value is -1.57. The van der Waals surface area contributed by atoms with Gasteiger partial charge in [-0.25, -0.2) is 4.98 Å². The predicted octanol–water partition coefficient (Wildman–Crippen LogP) is 1.92. The van der Waals surface area contributed by atoms with Gasteiger partial charge < -0.3 is 15.8 Å². The van der Waals surface area contributed by atoms with Crippen molar-refractivity contribution in [2.45, 2.75) is 19.0 Å². The summed E-state index contributed by atoms with van der Waals surface area (Å²) in [5.74, 6) is 0.161. The predicted molar refractivity (Wildman–Crippen MR) is 63.5 cm³/mol. The second-order valence-electron chi connectivity index (χ2n) is 4.44. The lowest BCUT2D eigenvalue weighted by Gasteiger charge is -2.11. The minimum atomic E-state index is -4.52. The highest BCUT2D eigenvalue weighted by Gasteiger charge is 2.33. The van der Waals surface area contributed by atoms with E-state index in [1.54, 1.807) is 0 Å². The lowest BCUT2D eigenvalue weighted by molar-refractivity contribution is -0.141. The summed E-state index contributed by atoms with van der Waals surface area (Å²) in [4.78, 5) is 6.91. The van der Waals surface area contributed by atoms with Crippen LogP contribution in [0.15, 0.2) is 6.07 Å². The SMILES string of the molecule is Nc1nc(NCCC2CCOC2)cc(C(F)(F)F)n1. The maximum atomic E-state index is 12.5. The van der Waals surface area contributed by atoms with Gasteiger partial charge in [0.15, 0.2) is 5.69 Å². The molecule has 5 nitrogen and oxygen atoms in total. The number of nitrogens with zero attached hydrogens (tertiary/aromatic N) is 2. The first-order chi connectivity index (χ1) is 8.95. The quantitative estimate of drug-likeness (QED) is 0.879. The first kappa shape index (κ1) is 13.9. The second kappa shape index (κ2) is 5.60. The Labute approximate surface area is 108 Å². The third kappa shape index (κ3) is 3.95. The molecule has 8 heteroatoms. The minimum absolute atomic E-state index is 0.0961. The summed E-state index contributed by atoms with van der Waals surface area (Å²) in [5, 5.41) is 2.84. The Bertz CT molecular complexity index is 432. The molecule has 0 amide bonds. The number of alkyl halides is 3. The van der Waals surface area contributed by atoms with E-state index in [0.29, 0.717) is 19.1 Å². The third-order valence-electron chi connectivity index (χ3n) is 2.92. The van der Waals surface area contributed by atoms with E-state index in [1.165, 1.54) is 0 Å². The Balaban J connectivity index is 1.94. The summed E-state index contributed by atoms with van der Waals surface area (Å²) >= 11 is 0. The summed E-state index contributed by atoms with van der Waals surface area (Å²) < 4.78 is 42.8. The van der Waals surface area contributed by atoms with E-state index >= 15 is 0 Å². The van der Waals surface area contributed by atoms with E-state index in [9.17, 15) is 13.2 Å². The van der Waals surface area contributed by atoms with Crippen LogP contribution in [0.5, 0.6) is 0 Å². The van der Waals surface area contributed by atoms with Gasteiger partial charge in [0.25, 0.3) is 0 Å². The highest BCUT2D eigenvalue weighted by atomic mass is 19.4. The third-order valence-corrected chi connectivity index (χ3v) is 2.92. The second-order valence-corrected chi connectivity index (χ2v) is 4.44. The number of hydrogen-bond acceptors (Lipinski definition) is 5. The molecule has 1 aliphatic rings. The molecule has 0 aliphatic carbocycles. The van der Waals surface area contributed by atoms with Crippen LogP contribution in [0.2, 0.25) is 0 Å². The molecule has 0 radical (unpaired) electrons. The van der Waals surface area contributed by atoms with Crippen LogP contribution >= 0.6 is 0 Å². The number of nitrogens with two attached hydrogens (primary N) is 1. The van der Waals surface area contributed by atoms with Gasteiger partial charge in [0, 0.05) is 25.8 Å². The van der Waals surface area contributed by atoms with Gasteiger partial charge in [0.1, 0.15) is 5.82 Å². The van der Waals surface area contributed by atoms with Crippen LogP contribution in [0.4, 0.5) is 24.9 Å². The van der Waals surface area contributed by atoms with Crippen LogP contribution in [-0.4, -0.2) is 29.7 Å². The van der Waals surface area contributed by atoms with Gasteiger partial charge in [-0.2, -0.15) is 18.2 Å². The summed E-state index contributed by atoms with van der Waals surface area (Å²) in [7, 11) is 0. The van der Waals surface area contributed by atoms with Crippen molar-refractivity contribution in [3.8, 4) is 0 Å². The Kier molecular flexibility index (Phi) is 4.08. The topological polar surface area (TPSA) is 73.1 Å². The number of aromatic nitrogens is 2.